The molecule has 1 rings (SSSR count). The van der Waals surface area contributed by atoms with Gasteiger partial charge in [0.1, 0.15) is 0 Å². The summed E-state index contributed by atoms with van der Waals surface area (Å²) in [5, 5.41) is 3.28. The average molecular weight is 305 g/mol. The van der Waals surface area contributed by atoms with E-state index >= 15 is 0 Å². The minimum Gasteiger partial charge on any atom is -0.317 e. The Morgan fingerprint density at radius 3 is 2.40 bits per heavy atom. The number of hydrogen-bond acceptors (Lipinski definition) is 3. The molecule has 0 atom stereocenters. The van der Waals surface area contributed by atoms with Gasteiger partial charge in [-0.15, -0.1) is 0 Å². The maximum Gasteiger partial charge on any atom is 0.279 e. The predicted octanol–water partition coefficient (Wildman–Crippen LogP) is 1.72. The molecule has 20 heavy (non-hydrogen) atoms. The van der Waals surface area contributed by atoms with Crippen LogP contribution in [0.25, 0.3) is 0 Å². The third-order valence-corrected chi connectivity index (χ3v) is 5.97. The molecular weight excluding hydrogens is 274 g/mol. The highest BCUT2D eigenvalue weighted by atomic mass is 32.2. The van der Waals surface area contributed by atoms with E-state index in [4.69, 9.17) is 0 Å². The van der Waals surface area contributed by atoms with E-state index in [0.717, 1.165) is 45.2 Å². The Labute approximate surface area is 124 Å². The maximum atomic E-state index is 12.1. The molecular formula is C14H31N3O2S. The summed E-state index contributed by atoms with van der Waals surface area (Å²) >= 11 is 0. The SMILES string of the molecule is CCCNCCCN(C)S(=O)(=O)NCC1(CC)CCC1. The van der Waals surface area contributed by atoms with Gasteiger partial charge in [-0.2, -0.15) is 12.7 Å². The Kier molecular flexibility index (Phi) is 7.43. The number of rotatable bonds is 11. The van der Waals surface area contributed by atoms with Gasteiger partial charge in [-0.25, -0.2) is 4.72 Å². The number of hydrogen-bond donors (Lipinski definition) is 2. The van der Waals surface area contributed by atoms with Gasteiger partial charge in [-0.05, 0) is 50.6 Å². The zero-order valence-corrected chi connectivity index (χ0v) is 14.1. The highest BCUT2D eigenvalue weighted by Crippen LogP contribution is 2.43. The van der Waals surface area contributed by atoms with Gasteiger partial charge in [0.2, 0.25) is 0 Å². The van der Waals surface area contributed by atoms with Crippen LogP contribution in [0.2, 0.25) is 0 Å². The van der Waals surface area contributed by atoms with Crippen molar-refractivity contribution < 1.29 is 8.42 Å². The first-order valence-corrected chi connectivity index (χ1v) is 9.31. The number of nitrogens with one attached hydrogen (secondary N) is 2. The average Bonchev–Trinajstić information content (AvgIpc) is 2.37. The zero-order chi connectivity index (χ0) is 15.1. The van der Waals surface area contributed by atoms with Gasteiger partial charge in [0.25, 0.3) is 10.2 Å². The molecule has 120 valence electrons. The topological polar surface area (TPSA) is 61.4 Å². The molecule has 0 amide bonds. The fraction of sp³-hybridized carbons (Fsp3) is 1.00. The molecule has 0 aromatic carbocycles. The lowest BCUT2D eigenvalue weighted by molar-refractivity contribution is 0.132. The summed E-state index contributed by atoms with van der Waals surface area (Å²) in [5.41, 5.74) is 0.219. The lowest BCUT2D eigenvalue weighted by atomic mass is 9.67. The smallest absolute Gasteiger partial charge is 0.279 e. The second kappa shape index (κ2) is 8.32. The lowest BCUT2D eigenvalue weighted by Gasteiger charge is -2.41. The zero-order valence-electron chi connectivity index (χ0n) is 13.2. The summed E-state index contributed by atoms with van der Waals surface area (Å²) in [6.07, 6.45) is 6.53. The standard InChI is InChI=1S/C14H31N3O2S/c1-4-10-15-11-7-12-17(3)20(18,19)16-13-14(5-2)8-6-9-14/h15-16H,4-13H2,1-3H3. The molecule has 1 saturated carbocycles. The van der Waals surface area contributed by atoms with Gasteiger partial charge >= 0.3 is 0 Å². The van der Waals surface area contributed by atoms with Crippen LogP contribution in [0, 0.1) is 5.41 Å². The Morgan fingerprint density at radius 2 is 1.90 bits per heavy atom. The third kappa shape index (κ3) is 5.31. The first-order valence-electron chi connectivity index (χ1n) is 7.87. The predicted molar refractivity (Wildman–Crippen MR) is 83.9 cm³/mol. The molecule has 0 bridgehead atoms. The Bertz CT molecular complexity index is 361. The first kappa shape index (κ1) is 17.9. The van der Waals surface area contributed by atoms with Crippen LogP contribution in [0.3, 0.4) is 0 Å². The normalized spacial score (nSPS) is 18.2. The molecule has 0 saturated heterocycles. The molecule has 0 aromatic rings. The second-order valence-corrected chi connectivity index (χ2v) is 7.82. The molecule has 0 radical (unpaired) electrons. The van der Waals surface area contributed by atoms with Crippen molar-refractivity contribution in [2.45, 2.75) is 52.4 Å². The van der Waals surface area contributed by atoms with Crippen LogP contribution in [0.1, 0.15) is 52.4 Å². The summed E-state index contributed by atoms with van der Waals surface area (Å²) in [6.45, 7) is 7.28. The van der Waals surface area contributed by atoms with Crippen molar-refractivity contribution in [1.82, 2.24) is 14.3 Å². The quantitative estimate of drug-likeness (QED) is 0.571. The van der Waals surface area contributed by atoms with Crippen LogP contribution < -0.4 is 10.0 Å². The minimum atomic E-state index is -3.32. The van der Waals surface area contributed by atoms with E-state index in [1.807, 2.05) is 0 Å². The van der Waals surface area contributed by atoms with Gasteiger partial charge in [0.15, 0.2) is 0 Å². The molecule has 1 fully saturated rings. The van der Waals surface area contributed by atoms with Crippen LogP contribution in [0.5, 0.6) is 0 Å². The van der Waals surface area contributed by atoms with Crippen LogP contribution >= 0.6 is 0 Å². The summed E-state index contributed by atoms with van der Waals surface area (Å²) in [5.74, 6) is 0. The number of nitrogens with zero attached hydrogens (tertiary/aromatic N) is 1. The molecule has 0 aliphatic heterocycles. The van der Waals surface area contributed by atoms with Crippen LogP contribution in [0.15, 0.2) is 0 Å². The second-order valence-electron chi connectivity index (χ2n) is 5.96. The van der Waals surface area contributed by atoms with Crippen LogP contribution in [-0.4, -0.2) is 45.9 Å². The Morgan fingerprint density at radius 1 is 1.20 bits per heavy atom. The fourth-order valence-corrected chi connectivity index (χ4v) is 3.61. The largest absolute Gasteiger partial charge is 0.317 e. The molecule has 1 aliphatic rings. The van der Waals surface area contributed by atoms with E-state index < -0.39 is 10.2 Å². The highest BCUT2D eigenvalue weighted by Gasteiger charge is 2.36. The van der Waals surface area contributed by atoms with Crippen LogP contribution in [-0.2, 0) is 10.2 Å². The minimum absolute atomic E-state index is 0.219. The van der Waals surface area contributed by atoms with Crippen molar-refractivity contribution in [1.29, 1.82) is 0 Å². The van der Waals surface area contributed by atoms with Gasteiger partial charge in [0.05, 0.1) is 0 Å². The van der Waals surface area contributed by atoms with Crippen LogP contribution in [0.4, 0.5) is 0 Å². The van der Waals surface area contributed by atoms with Crippen molar-refractivity contribution in [3.63, 3.8) is 0 Å². The van der Waals surface area contributed by atoms with Crippen molar-refractivity contribution in [3.8, 4) is 0 Å². The van der Waals surface area contributed by atoms with E-state index in [9.17, 15) is 8.42 Å². The van der Waals surface area contributed by atoms with Gasteiger partial charge in [0, 0.05) is 20.1 Å². The van der Waals surface area contributed by atoms with Crippen molar-refractivity contribution in [2.75, 3.05) is 33.2 Å². The van der Waals surface area contributed by atoms with E-state index in [1.54, 1.807) is 7.05 Å². The maximum absolute atomic E-state index is 12.1. The summed E-state index contributed by atoms with van der Waals surface area (Å²) in [6, 6.07) is 0. The molecule has 2 N–H and O–H groups in total. The summed E-state index contributed by atoms with van der Waals surface area (Å²) < 4.78 is 28.5. The summed E-state index contributed by atoms with van der Waals surface area (Å²) in [7, 11) is -1.66. The van der Waals surface area contributed by atoms with Gasteiger partial charge < -0.3 is 5.32 Å². The van der Waals surface area contributed by atoms with E-state index in [0.29, 0.717) is 13.1 Å². The lowest BCUT2D eigenvalue weighted by Crippen LogP contribution is -2.46. The Hall–Kier alpha value is -0.170. The highest BCUT2D eigenvalue weighted by molar-refractivity contribution is 7.87. The molecule has 0 heterocycles. The Balaban J connectivity index is 2.28. The van der Waals surface area contributed by atoms with E-state index in [1.165, 1.54) is 10.7 Å². The molecule has 1 aliphatic carbocycles. The molecule has 5 nitrogen and oxygen atoms in total. The van der Waals surface area contributed by atoms with Gasteiger partial charge in [-0.1, -0.05) is 20.3 Å². The third-order valence-electron chi connectivity index (χ3n) is 4.46. The fourth-order valence-electron chi connectivity index (χ4n) is 2.54. The van der Waals surface area contributed by atoms with Crippen molar-refractivity contribution >= 4 is 10.2 Å². The van der Waals surface area contributed by atoms with Crippen molar-refractivity contribution in [2.24, 2.45) is 5.41 Å². The summed E-state index contributed by atoms with van der Waals surface area (Å²) in [4.78, 5) is 0. The first-order chi connectivity index (χ1) is 9.46. The molecule has 0 unspecified atom stereocenters. The monoisotopic (exact) mass is 305 g/mol. The van der Waals surface area contributed by atoms with Gasteiger partial charge in [-0.3, -0.25) is 0 Å². The van der Waals surface area contributed by atoms with E-state index in [2.05, 4.69) is 23.9 Å². The molecule has 0 aromatic heterocycles. The van der Waals surface area contributed by atoms with E-state index in [-0.39, 0.29) is 5.41 Å². The molecule has 6 heteroatoms. The molecule has 0 spiro atoms. The van der Waals surface area contributed by atoms with Crippen molar-refractivity contribution in [3.05, 3.63) is 0 Å².